The molecular weight excluding hydrogens is 392 g/mol. The molecule has 172 valence electrons. The number of aliphatic carboxylic acids is 1. The highest BCUT2D eigenvalue weighted by atomic mass is 16.5. The summed E-state index contributed by atoms with van der Waals surface area (Å²) < 4.78 is 6.43. The van der Waals surface area contributed by atoms with Gasteiger partial charge in [-0.15, -0.1) is 0 Å². The van der Waals surface area contributed by atoms with Crippen molar-refractivity contribution in [3.05, 3.63) is 47.6 Å². The molecule has 0 radical (unpaired) electrons. The van der Waals surface area contributed by atoms with Gasteiger partial charge >= 0.3 is 5.97 Å². The standard InChI is InChI=1S/C26H38O5/c1-6-16(3)25-26(5,30)23-17(4)14-18-13-15(2)11-12-19(18)22(23)24(29)20(31-25)9-7-8-10-21(27)28/h7-11,14,16,18-20,22-25,29-30H,6,12-13H2,1-5H3,(H,27,28)/b9-7+,10-8+/t16-,18+,19-,20-,22+,23-,24-,25-,26+/m1/s1. The molecule has 3 rings (SSSR count). The molecule has 2 aliphatic carbocycles. The van der Waals surface area contributed by atoms with E-state index in [0.29, 0.717) is 5.92 Å². The van der Waals surface area contributed by atoms with E-state index in [1.54, 1.807) is 12.2 Å². The van der Waals surface area contributed by atoms with Crippen molar-refractivity contribution >= 4 is 5.97 Å². The molecule has 1 heterocycles. The molecular formula is C26H38O5. The van der Waals surface area contributed by atoms with Crippen molar-refractivity contribution in [2.75, 3.05) is 0 Å². The van der Waals surface area contributed by atoms with Crippen LogP contribution in [0.5, 0.6) is 0 Å². The Morgan fingerprint density at radius 1 is 1.35 bits per heavy atom. The lowest BCUT2D eigenvalue weighted by Crippen LogP contribution is -2.55. The minimum Gasteiger partial charge on any atom is -0.478 e. The van der Waals surface area contributed by atoms with Gasteiger partial charge < -0.3 is 20.1 Å². The molecule has 0 amide bonds. The number of hydrogen-bond donors (Lipinski definition) is 3. The molecule has 0 aromatic carbocycles. The van der Waals surface area contributed by atoms with Gasteiger partial charge in [-0.1, -0.05) is 61.8 Å². The Morgan fingerprint density at radius 3 is 2.71 bits per heavy atom. The molecule has 1 saturated heterocycles. The Labute approximate surface area is 186 Å². The summed E-state index contributed by atoms with van der Waals surface area (Å²) >= 11 is 0. The SMILES string of the molecule is CC[C@@H](C)[C@H]1O[C@H](/C=C/C=C/C(=O)O)[C@@H](O)[C@H]2[C@@H]3CC=C(C)C[C@H]3C=C(C)[C@H]2[C@]1(C)O. The minimum atomic E-state index is -1.12. The predicted octanol–water partition coefficient (Wildman–Crippen LogP) is 4.27. The number of aliphatic hydroxyl groups is 2. The summed E-state index contributed by atoms with van der Waals surface area (Å²) in [6, 6.07) is 0. The van der Waals surface area contributed by atoms with E-state index in [2.05, 4.69) is 39.8 Å². The van der Waals surface area contributed by atoms with Crippen molar-refractivity contribution in [1.82, 2.24) is 0 Å². The number of carboxylic acids is 1. The summed E-state index contributed by atoms with van der Waals surface area (Å²) in [5.41, 5.74) is 1.39. The van der Waals surface area contributed by atoms with Crippen molar-refractivity contribution in [2.24, 2.45) is 29.6 Å². The number of ether oxygens (including phenoxy) is 1. The second-order valence-electron chi connectivity index (χ2n) is 9.99. The zero-order chi connectivity index (χ0) is 22.9. The molecule has 0 spiro atoms. The number of aliphatic hydroxyl groups excluding tert-OH is 1. The van der Waals surface area contributed by atoms with E-state index in [0.717, 1.165) is 30.9 Å². The third-order valence-corrected chi connectivity index (χ3v) is 7.74. The smallest absolute Gasteiger partial charge is 0.328 e. The lowest BCUT2D eigenvalue weighted by molar-refractivity contribution is -0.149. The lowest BCUT2D eigenvalue weighted by atomic mass is 9.56. The average Bonchev–Trinajstić information content (AvgIpc) is 2.78. The summed E-state index contributed by atoms with van der Waals surface area (Å²) in [5, 5.41) is 32.4. The first kappa shape index (κ1) is 24.0. The second kappa shape index (κ2) is 9.43. The Kier molecular flexibility index (Phi) is 7.29. The zero-order valence-corrected chi connectivity index (χ0v) is 19.4. The second-order valence-corrected chi connectivity index (χ2v) is 9.99. The number of hydrogen-bond acceptors (Lipinski definition) is 4. The van der Waals surface area contributed by atoms with Crippen LogP contribution in [0.25, 0.3) is 0 Å². The predicted molar refractivity (Wildman–Crippen MR) is 121 cm³/mol. The van der Waals surface area contributed by atoms with Gasteiger partial charge in [0.2, 0.25) is 0 Å². The van der Waals surface area contributed by atoms with Crippen molar-refractivity contribution in [2.45, 2.75) is 77.8 Å². The maximum atomic E-state index is 11.9. The first-order valence-electron chi connectivity index (χ1n) is 11.6. The molecule has 9 atom stereocenters. The zero-order valence-electron chi connectivity index (χ0n) is 19.4. The monoisotopic (exact) mass is 430 g/mol. The highest BCUT2D eigenvalue weighted by Gasteiger charge is 2.57. The summed E-state index contributed by atoms with van der Waals surface area (Å²) in [6.45, 7) is 10.3. The fourth-order valence-corrected chi connectivity index (χ4v) is 6.22. The molecule has 31 heavy (non-hydrogen) atoms. The van der Waals surface area contributed by atoms with E-state index < -0.39 is 29.9 Å². The van der Waals surface area contributed by atoms with Crippen molar-refractivity contribution in [3.63, 3.8) is 0 Å². The first-order chi connectivity index (χ1) is 14.6. The molecule has 3 aliphatic rings. The van der Waals surface area contributed by atoms with Crippen LogP contribution in [0.3, 0.4) is 0 Å². The van der Waals surface area contributed by atoms with Gasteiger partial charge in [0, 0.05) is 17.9 Å². The maximum absolute atomic E-state index is 11.9. The van der Waals surface area contributed by atoms with Crippen molar-refractivity contribution < 1.29 is 24.9 Å². The third kappa shape index (κ3) is 4.74. The summed E-state index contributed by atoms with van der Waals surface area (Å²) in [6.07, 6.45) is 11.3. The normalized spacial score (nSPS) is 41.8. The molecule has 0 unspecified atom stereocenters. The molecule has 0 aromatic heterocycles. The van der Waals surface area contributed by atoms with E-state index in [1.165, 1.54) is 11.6 Å². The van der Waals surface area contributed by atoms with E-state index in [-0.39, 0.29) is 23.7 Å². The van der Waals surface area contributed by atoms with Crippen LogP contribution in [0.15, 0.2) is 47.6 Å². The highest BCUT2D eigenvalue weighted by Crippen LogP contribution is 2.53. The number of carboxylic acid groups (broad SMARTS) is 1. The first-order valence-corrected chi connectivity index (χ1v) is 11.6. The highest BCUT2D eigenvalue weighted by molar-refractivity contribution is 5.80. The summed E-state index contributed by atoms with van der Waals surface area (Å²) in [4.78, 5) is 10.8. The number of carbonyl (C=O) groups is 1. The van der Waals surface area contributed by atoms with Crippen LogP contribution in [-0.4, -0.2) is 45.2 Å². The van der Waals surface area contributed by atoms with Crippen LogP contribution in [-0.2, 0) is 9.53 Å². The molecule has 0 aromatic rings. The molecule has 3 N–H and O–H groups in total. The fourth-order valence-electron chi connectivity index (χ4n) is 6.22. The summed E-state index contributed by atoms with van der Waals surface area (Å²) in [5.74, 6) is -0.654. The Hall–Kier alpha value is -1.69. The molecule has 0 saturated carbocycles. The van der Waals surface area contributed by atoms with Crippen LogP contribution in [0.1, 0.15) is 53.9 Å². The molecule has 1 aliphatic heterocycles. The quantitative estimate of drug-likeness (QED) is 0.344. The van der Waals surface area contributed by atoms with Gasteiger partial charge in [-0.2, -0.15) is 0 Å². The van der Waals surface area contributed by atoms with E-state index in [9.17, 15) is 15.0 Å². The Balaban J connectivity index is 2.06. The lowest BCUT2D eigenvalue weighted by Gasteiger charge is -2.50. The molecule has 0 bridgehead atoms. The van der Waals surface area contributed by atoms with Gasteiger partial charge in [0.05, 0.1) is 17.8 Å². The van der Waals surface area contributed by atoms with E-state index >= 15 is 0 Å². The van der Waals surface area contributed by atoms with Gasteiger partial charge in [-0.05, 0) is 51.4 Å². The number of rotatable bonds is 5. The van der Waals surface area contributed by atoms with Gasteiger partial charge in [0.1, 0.15) is 6.10 Å². The van der Waals surface area contributed by atoms with Crippen LogP contribution >= 0.6 is 0 Å². The molecule has 5 heteroatoms. The molecule has 1 fully saturated rings. The topological polar surface area (TPSA) is 87.0 Å². The molecule has 5 nitrogen and oxygen atoms in total. The average molecular weight is 431 g/mol. The Morgan fingerprint density at radius 2 is 2.06 bits per heavy atom. The summed E-state index contributed by atoms with van der Waals surface area (Å²) in [7, 11) is 0. The fraction of sp³-hybridized carbons (Fsp3) is 0.654. The van der Waals surface area contributed by atoms with Gasteiger partial charge in [0.15, 0.2) is 0 Å². The Bertz CT molecular complexity index is 790. The van der Waals surface area contributed by atoms with Crippen LogP contribution in [0.4, 0.5) is 0 Å². The largest absolute Gasteiger partial charge is 0.478 e. The van der Waals surface area contributed by atoms with Gasteiger partial charge in [-0.25, -0.2) is 4.79 Å². The van der Waals surface area contributed by atoms with Gasteiger partial charge in [-0.3, -0.25) is 0 Å². The van der Waals surface area contributed by atoms with Crippen LogP contribution in [0, 0.1) is 29.6 Å². The number of allylic oxidation sites excluding steroid dienone is 5. The van der Waals surface area contributed by atoms with Crippen molar-refractivity contribution in [3.8, 4) is 0 Å². The van der Waals surface area contributed by atoms with Crippen LogP contribution in [0.2, 0.25) is 0 Å². The van der Waals surface area contributed by atoms with Crippen LogP contribution < -0.4 is 0 Å². The van der Waals surface area contributed by atoms with Crippen molar-refractivity contribution in [1.29, 1.82) is 0 Å². The number of fused-ring (bicyclic) bond motifs is 3. The third-order valence-electron chi connectivity index (χ3n) is 7.74. The minimum absolute atomic E-state index is 0.102. The van der Waals surface area contributed by atoms with E-state index in [1.807, 2.05) is 6.92 Å². The van der Waals surface area contributed by atoms with E-state index in [4.69, 9.17) is 9.84 Å². The maximum Gasteiger partial charge on any atom is 0.328 e. The van der Waals surface area contributed by atoms with Gasteiger partial charge in [0.25, 0.3) is 0 Å².